The van der Waals surface area contributed by atoms with Gasteiger partial charge in [0.15, 0.2) is 11.7 Å². The van der Waals surface area contributed by atoms with Gasteiger partial charge in [0.1, 0.15) is 0 Å². The lowest BCUT2D eigenvalue weighted by Gasteiger charge is -2.30. The Kier molecular flexibility index (Phi) is 4.39. The average Bonchev–Trinajstić information content (AvgIpc) is 2.40. The van der Waals surface area contributed by atoms with Gasteiger partial charge in [-0.1, -0.05) is 23.7 Å². The van der Waals surface area contributed by atoms with Crippen LogP contribution in [0.3, 0.4) is 0 Å². The van der Waals surface area contributed by atoms with E-state index < -0.39 is 23.6 Å². The summed E-state index contributed by atoms with van der Waals surface area (Å²) in [7, 11) is 0. The normalized spacial score (nSPS) is 19.1. The number of carbonyl (C=O) groups excluding carboxylic acids is 3. The molecule has 0 spiro atoms. The molecule has 0 N–H and O–H groups in total. The van der Waals surface area contributed by atoms with Gasteiger partial charge in [0, 0.05) is 13.0 Å². The predicted octanol–water partition coefficient (Wildman–Crippen LogP) is 1.83. The second-order valence-corrected chi connectivity index (χ2v) is 4.75. The summed E-state index contributed by atoms with van der Waals surface area (Å²) in [5.41, 5.74) is 0.501. The van der Waals surface area contributed by atoms with Gasteiger partial charge in [-0.25, -0.2) is 0 Å². The number of esters is 1. The number of piperidine rings is 1. The molecule has 1 saturated heterocycles. The molecular formula is C14H14ClNO4. The zero-order valence-corrected chi connectivity index (χ0v) is 11.7. The van der Waals surface area contributed by atoms with Gasteiger partial charge in [0.25, 0.3) is 0 Å². The molecule has 1 heterocycles. The standard InChI is InChI=1S/C14H14ClNO4/c1-2-20-14(19)12-11(17)7-8-16(13(12)18)10-6-4-3-5-9(10)15/h3-6,12H,2,7-8H2,1H3. The molecule has 106 valence electrons. The van der Waals surface area contributed by atoms with Crippen LogP contribution in [0.15, 0.2) is 24.3 Å². The molecule has 0 bridgehead atoms. The summed E-state index contributed by atoms with van der Waals surface area (Å²) in [5.74, 6) is -3.15. The number of carbonyl (C=O) groups is 3. The van der Waals surface area contributed by atoms with Gasteiger partial charge >= 0.3 is 5.97 Å². The van der Waals surface area contributed by atoms with E-state index in [0.717, 1.165) is 0 Å². The zero-order valence-electron chi connectivity index (χ0n) is 11.0. The van der Waals surface area contributed by atoms with Gasteiger partial charge in [-0.2, -0.15) is 0 Å². The minimum atomic E-state index is -1.38. The van der Waals surface area contributed by atoms with Crippen molar-refractivity contribution in [2.75, 3.05) is 18.1 Å². The summed E-state index contributed by atoms with van der Waals surface area (Å²) in [6.07, 6.45) is 0.112. The summed E-state index contributed by atoms with van der Waals surface area (Å²) in [6, 6.07) is 6.82. The van der Waals surface area contributed by atoms with Gasteiger partial charge in [-0.05, 0) is 19.1 Å². The van der Waals surface area contributed by atoms with Crippen LogP contribution < -0.4 is 4.90 Å². The number of halogens is 1. The van der Waals surface area contributed by atoms with E-state index in [2.05, 4.69) is 0 Å². The minimum absolute atomic E-state index is 0.112. The van der Waals surface area contributed by atoms with Gasteiger partial charge < -0.3 is 9.64 Å². The Balaban J connectivity index is 2.30. The van der Waals surface area contributed by atoms with Crippen molar-refractivity contribution < 1.29 is 19.1 Å². The van der Waals surface area contributed by atoms with Crippen molar-refractivity contribution in [3.05, 3.63) is 29.3 Å². The summed E-state index contributed by atoms with van der Waals surface area (Å²) < 4.78 is 4.80. The molecular weight excluding hydrogens is 282 g/mol. The smallest absolute Gasteiger partial charge is 0.326 e. The van der Waals surface area contributed by atoms with E-state index >= 15 is 0 Å². The molecule has 1 unspecified atom stereocenters. The topological polar surface area (TPSA) is 63.7 Å². The molecule has 6 heteroatoms. The van der Waals surface area contributed by atoms with Crippen LogP contribution in [0.5, 0.6) is 0 Å². The molecule has 1 fully saturated rings. The molecule has 1 aliphatic heterocycles. The van der Waals surface area contributed by atoms with Crippen LogP contribution >= 0.6 is 11.6 Å². The van der Waals surface area contributed by atoms with Crippen molar-refractivity contribution in [3.63, 3.8) is 0 Å². The molecule has 0 radical (unpaired) electrons. The van der Waals surface area contributed by atoms with E-state index in [1.807, 2.05) is 0 Å². The number of nitrogens with zero attached hydrogens (tertiary/aromatic N) is 1. The highest BCUT2D eigenvalue weighted by Gasteiger charge is 2.42. The highest BCUT2D eigenvalue weighted by atomic mass is 35.5. The first-order valence-corrected chi connectivity index (χ1v) is 6.69. The third-order valence-electron chi connectivity index (χ3n) is 3.08. The van der Waals surface area contributed by atoms with Crippen LogP contribution in [0.2, 0.25) is 5.02 Å². The van der Waals surface area contributed by atoms with Gasteiger partial charge in [-0.3, -0.25) is 14.4 Å². The molecule has 1 aromatic carbocycles. The summed E-state index contributed by atoms with van der Waals surface area (Å²) in [4.78, 5) is 37.3. The van der Waals surface area contributed by atoms with Gasteiger partial charge in [-0.15, -0.1) is 0 Å². The first-order valence-electron chi connectivity index (χ1n) is 6.31. The van der Waals surface area contributed by atoms with Crippen molar-refractivity contribution in [1.82, 2.24) is 0 Å². The highest BCUT2D eigenvalue weighted by molar-refractivity contribution is 6.34. The fourth-order valence-corrected chi connectivity index (χ4v) is 2.38. The van der Waals surface area contributed by atoms with Crippen LogP contribution in [0.1, 0.15) is 13.3 Å². The Morgan fingerprint density at radius 2 is 2.10 bits per heavy atom. The Hall–Kier alpha value is -1.88. The van der Waals surface area contributed by atoms with E-state index in [9.17, 15) is 14.4 Å². The van der Waals surface area contributed by atoms with Crippen molar-refractivity contribution >= 4 is 34.9 Å². The number of para-hydroxylation sites is 1. The fourth-order valence-electron chi connectivity index (χ4n) is 2.14. The minimum Gasteiger partial charge on any atom is -0.465 e. The summed E-state index contributed by atoms with van der Waals surface area (Å²) in [6.45, 7) is 1.97. The maximum atomic E-state index is 12.4. The number of rotatable bonds is 3. The molecule has 1 aromatic rings. The van der Waals surface area contributed by atoms with Crippen LogP contribution in [0, 0.1) is 5.92 Å². The predicted molar refractivity (Wildman–Crippen MR) is 73.6 cm³/mol. The summed E-state index contributed by atoms with van der Waals surface area (Å²) in [5, 5.41) is 0.401. The number of Topliss-reactive ketones (excluding diaryl/α,β-unsaturated/α-hetero) is 1. The fraction of sp³-hybridized carbons (Fsp3) is 0.357. The van der Waals surface area contributed by atoms with Crippen LogP contribution in [-0.4, -0.2) is 30.8 Å². The lowest BCUT2D eigenvalue weighted by atomic mass is 9.95. The zero-order chi connectivity index (χ0) is 14.7. The number of benzene rings is 1. The molecule has 5 nitrogen and oxygen atoms in total. The SMILES string of the molecule is CCOC(=O)C1C(=O)CCN(c2ccccc2Cl)C1=O. The maximum Gasteiger partial charge on any atom is 0.326 e. The summed E-state index contributed by atoms with van der Waals surface area (Å²) >= 11 is 6.05. The van der Waals surface area contributed by atoms with Crippen LogP contribution in [-0.2, 0) is 19.1 Å². The molecule has 0 saturated carbocycles. The maximum absolute atomic E-state index is 12.4. The van der Waals surface area contributed by atoms with E-state index in [-0.39, 0.29) is 19.6 Å². The molecule has 0 aliphatic carbocycles. The lowest BCUT2D eigenvalue weighted by molar-refractivity contribution is -0.155. The van der Waals surface area contributed by atoms with Crippen molar-refractivity contribution in [3.8, 4) is 0 Å². The third kappa shape index (κ3) is 2.67. The molecule has 1 amide bonds. The Labute approximate surface area is 121 Å². The van der Waals surface area contributed by atoms with Crippen molar-refractivity contribution in [2.45, 2.75) is 13.3 Å². The molecule has 1 aliphatic rings. The number of anilines is 1. The Morgan fingerprint density at radius 3 is 2.75 bits per heavy atom. The molecule has 20 heavy (non-hydrogen) atoms. The molecule has 1 atom stereocenters. The third-order valence-corrected chi connectivity index (χ3v) is 3.40. The highest BCUT2D eigenvalue weighted by Crippen LogP contribution is 2.29. The molecule has 2 rings (SSSR count). The van der Waals surface area contributed by atoms with Gasteiger partial charge in [0.2, 0.25) is 5.91 Å². The monoisotopic (exact) mass is 295 g/mol. The lowest BCUT2D eigenvalue weighted by Crippen LogP contribution is -2.49. The Bertz CT molecular complexity index is 558. The number of ketones is 1. The molecule has 0 aromatic heterocycles. The first kappa shape index (κ1) is 14.5. The average molecular weight is 296 g/mol. The second-order valence-electron chi connectivity index (χ2n) is 4.34. The second kappa shape index (κ2) is 6.05. The number of hydrogen-bond donors (Lipinski definition) is 0. The quantitative estimate of drug-likeness (QED) is 0.630. The van der Waals surface area contributed by atoms with Gasteiger partial charge in [0.05, 0.1) is 17.3 Å². The van der Waals surface area contributed by atoms with E-state index in [1.165, 1.54) is 4.90 Å². The van der Waals surface area contributed by atoms with Crippen molar-refractivity contribution in [1.29, 1.82) is 0 Å². The first-order chi connectivity index (χ1) is 9.56. The van der Waals surface area contributed by atoms with Crippen LogP contribution in [0.4, 0.5) is 5.69 Å². The van der Waals surface area contributed by atoms with E-state index in [1.54, 1.807) is 31.2 Å². The van der Waals surface area contributed by atoms with E-state index in [0.29, 0.717) is 10.7 Å². The Morgan fingerprint density at radius 1 is 1.40 bits per heavy atom. The van der Waals surface area contributed by atoms with E-state index in [4.69, 9.17) is 16.3 Å². The number of amides is 1. The van der Waals surface area contributed by atoms with Crippen molar-refractivity contribution in [2.24, 2.45) is 5.92 Å². The largest absolute Gasteiger partial charge is 0.465 e. The van der Waals surface area contributed by atoms with Crippen LogP contribution in [0.25, 0.3) is 0 Å². The number of hydrogen-bond acceptors (Lipinski definition) is 4. The number of ether oxygens (including phenoxy) is 1.